The largest absolute Gasteiger partial charge is 0.394 e. The van der Waals surface area contributed by atoms with E-state index in [-0.39, 0.29) is 19.0 Å². The van der Waals surface area contributed by atoms with Gasteiger partial charge in [-0.25, -0.2) is 0 Å². The number of ether oxygens (including phenoxy) is 1. The molecule has 0 aromatic heterocycles. The van der Waals surface area contributed by atoms with Crippen LogP contribution in [-0.4, -0.2) is 29.7 Å². The molecule has 1 N–H and O–H groups in total. The first-order valence-corrected chi connectivity index (χ1v) is 10.3. The Kier molecular flexibility index (Phi) is 16.4. The highest BCUT2D eigenvalue weighted by Crippen LogP contribution is 2.16. The summed E-state index contributed by atoms with van der Waals surface area (Å²) < 4.78 is 5.40. The number of allylic oxidation sites excluding steroid dienone is 6. The van der Waals surface area contributed by atoms with Crippen molar-refractivity contribution in [1.82, 2.24) is 0 Å². The fraction of sp³-hybridized carbons (Fsp3) is 0.696. The third-order valence-electron chi connectivity index (χ3n) is 4.33. The molecule has 150 valence electrons. The standard InChI is InChI=1S/C23H40O3/c1-4-5-6-7-8-9-10-11-12-13-14-15-16-17-18-19-22(25)23(2,3)26-21-20-24/h7-12,24H,4-6,13-21H2,1-3H3/b8-7+,10-9+,12-11+. The number of carbonyl (C=O) groups is 1. The summed E-state index contributed by atoms with van der Waals surface area (Å²) >= 11 is 0. The molecule has 0 rings (SSSR count). The van der Waals surface area contributed by atoms with Gasteiger partial charge in [0.1, 0.15) is 5.60 Å². The lowest BCUT2D eigenvalue weighted by molar-refractivity contribution is -0.141. The summed E-state index contributed by atoms with van der Waals surface area (Å²) in [5, 5.41) is 8.78. The van der Waals surface area contributed by atoms with Crippen LogP contribution in [0.4, 0.5) is 0 Å². The summed E-state index contributed by atoms with van der Waals surface area (Å²) in [5.74, 6) is 0.129. The van der Waals surface area contributed by atoms with Crippen molar-refractivity contribution in [2.45, 2.75) is 90.6 Å². The van der Waals surface area contributed by atoms with Crippen molar-refractivity contribution in [3.63, 3.8) is 0 Å². The number of ketones is 1. The second-order valence-corrected chi connectivity index (χ2v) is 7.20. The van der Waals surface area contributed by atoms with Crippen LogP contribution in [0.5, 0.6) is 0 Å². The molecule has 0 fully saturated rings. The molecule has 0 bridgehead atoms. The van der Waals surface area contributed by atoms with Gasteiger partial charge in [-0.3, -0.25) is 4.79 Å². The molecule has 0 amide bonds. The minimum absolute atomic E-state index is 0.0450. The number of hydrogen-bond donors (Lipinski definition) is 1. The van der Waals surface area contributed by atoms with Crippen LogP contribution in [0.1, 0.15) is 85.0 Å². The van der Waals surface area contributed by atoms with Crippen LogP contribution in [0, 0.1) is 0 Å². The number of unbranched alkanes of at least 4 members (excludes halogenated alkanes) is 7. The molecule has 0 atom stereocenters. The van der Waals surface area contributed by atoms with Gasteiger partial charge in [0.25, 0.3) is 0 Å². The van der Waals surface area contributed by atoms with Gasteiger partial charge in [0, 0.05) is 6.42 Å². The van der Waals surface area contributed by atoms with Gasteiger partial charge < -0.3 is 9.84 Å². The van der Waals surface area contributed by atoms with Gasteiger partial charge in [0.2, 0.25) is 0 Å². The Morgan fingerprint density at radius 2 is 1.46 bits per heavy atom. The summed E-state index contributed by atoms with van der Waals surface area (Å²) in [7, 11) is 0. The summed E-state index contributed by atoms with van der Waals surface area (Å²) in [6.45, 7) is 5.95. The van der Waals surface area contributed by atoms with Crippen molar-refractivity contribution in [1.29, 1.82) is 0 Å². The molecule has 0 heterocycles. The lowest BCUT2D eigenvalue weighted by Crippen LogP contribution is -2.35. The minimum atomic E-state index is -0.772. The SMILES string of the molecule is CCCC/C=C/C=C/C=C/CCCCCCCC(=O)C(C)(C)OCCO. The van der Waals surface area contributed by atoms with Crippen molar-refractivity contribution in [2.24, 2.45) is 0 Å². The Hall–Kier alpha value is -1.19. The molecule has 0 aliphatic carbocycles. The molecule has 0 saturated carbocycles. The van der Waals surface area contributed by atoms with Crippen LogP contribution >= 0.6 is 0 Å². The molecule has 0 aromatic rings. The fourth-order valence-corrected chi connectivity index (χ4v) is 2.56. The van der Waals surface area contributed by atoms with Gasteiger partial charge in [-0.2, -0.15) is 0 Å². The number of aliphatic hydroxyl groups excluding tert-OH is 1. The maximum atomic E-state index is 12.1. The highest BCUT2D eigenvalue weighted by atomic mass is 16.5. The maximum Gasteiger partial charge on any atom is 0.164 e. The zero-order valence-corrected chi connectivity index (χ0v) is 17.2. The fourth-order valence-electron chi connectivity index (χ4n) is 2.56. The number of hydrogen-bond acceptors (Lipinski definition) is 3. The van der Waals surface area contributed by atoms with E-state index in [2.05, 4.69) is 43.4 Å². The van der Waals surface area contributed by atoms with Crippen LogP contribution in [-0.2, 0) is 9.53 Å². The smallest absolute Gasteiger partial charge is 0.164 e. The predicted octanol–water partition coefficient (Wildman–Crippen LogP) is 5.93. The highest BCUT2D eigenvalue weighted by molar-refractivity contribution is 5.86. The molecule has 0 aliphatic rings. The van der Waals surface area contributed by atoms with Crippen molar-refractivity contribution in [3.05, 3.63) is 36.5 Å². The Bertz CT molecular complexity index is 419. The van der Waals surface area contributed by atoms with Crippen molar-refractivity contribution < 1.29 is 14.6 Å². The number of aliphatic hydroxyl groups is 1. The average Bonchev–Trinajstić information content (AvgIpc) is 2.63. The van der Waals surface area contributed by atoms with E-state index in [0.717, 1.165) is 19.3 Å². The Labute approximate surface area is 161 Å². The van der Waals surface area contributed by atoms with Gasteiger partial charge in [-0.05, 0) is 39.5 Å². The molecule has 0 aromatic carbocycles. The van der Waals surface area contributed by atoms with Crippen molar-refractivity contribution in [2.75, 3.05) is 13.2 Å². The molecule has 0 radical (unpaired) electrons. The normalized spacial score (nSPS) is 12.8. The Balaban J connectivity index is 3.56. The molecule has 26 heavy (non-hydrogen) atoms. The van der Waals surface area contributed by atoms with E-state index in [1.54, 1.807) is 13.8 Å². The van der Waals surface area contributed by atoms with Crippen LogP contribution in [0.3, 0.4) is 0 Å². The number of Topliss-reactive ketones (excluding diaryl/α,β-unsaturated/α-hetero) is 1. The second-order valence-electron chi connectivity index (χ2n) is 7.20. The summed E-state index contributed by atoms with van der Waals surface area (Å²) in [5.41, 5.74) is -0.772. The zero-order valence-electron chi connectivity index (χ0n) is 17.2. The summed E-state index contributed by atoms with van der Waals surface area (Å²) in [4.78, 5) is 12.1. The average molecular weight is 365 g/mol. The molecular formula is C23H40O3. The van der Waals surface area contributed by atoms with Crippen molar-refractivity contribution in [3.8, 4) is 0 Å². The lowest BCUT2D eigenvalue weighted by Gasteiger charge is -2.23. The quantitative estimate of drug-likeness (QED) is 0.257. The first-order valence-electron chi connectivity index (χ1n) is 10.3. The molecular weight excluding hydrogens is 324 g/mol. The topological polar surface area (TPSA) is 46.5 Å². The predicted molar refractivity (Wildman–Crippen MR) is 111 cm³/mol. The van der Waals surface area contributed by atoms with Crippen molar-refractivity contribution >= 4 is 5.78 Å². The van der Waals surface area contributed by atoms with Crippen LogP contribution < -0.4 is 0 Å². The van der Waals surface area contributed by atoms with E-state index in [1.807, 2.05) is 0 Å². The van der Waals surface area contributed by atoms with Crippen LogP contribution in [0.25, 0.3) is 0 Å². The number of carbonyl (C=O) groups excluding carboxylic acids is 1. The monoisotopic (exact) mass is 364 g/mol. The van der Waals surface area contributed by atoms with E-state index >= 15 is 0 Å². The highest BCUT2D eigenvalue weighted by Gasteiger charge is 2.27. The number of rotatable bonds is 17. The third-order valence-corrected chi connectivity index (χ3v) is 4.33. The van der Waals surface area contributed by atoms with Gasteiger partial charge in [0.15, 0.2) is 5.78 Å². The van der Waals surface area contributed by atoms with Crippen LogP contribution in [0.15, 0.2) is 36.5 Å². The Morgan fingerprint density at radius 3 is 2.08 bits per heavy atom. The summed E-state index contributed by atoms with van der Waals surface area (Å²) in [6, 6.07) is 0. The molecule has 0 unspecified atom stereocenters. The second kappa shape index (κ2) is 17.2. The first-order chi connectivity index (χ1) is 12.5. The van der Waals surface area contributed by atoms with Gasteiger partial charge >= 0.3 is 0 Å². The third kappa shape index (κ3) is 15.1. The molecule has 0 spiro atoms. The molecule has 0 saturated heterocycles. The first kappa shape index (κ1) is 24.8. The molecule has 0 aliphatic heterocycles. The zero-order chi connectivity index (χ0) is 19.5. The van der Waals surface area contributed by atoms with Crippen LogP contribution in [0.2, 0.25) is 0 Å². The maximum absolute atomic E-state index is 12.1. The van der Waals surface area contributed by atoms with Gasteiger partial charge in [-0.1, -0.05) is 75.5 Å². The Morgan fingerprint density at radius 1 is 0.885 bits per heavy atom. The minimum Gasteiger partial charge on any atom is -0.394 e. The van der Waals surface area contributed by atoms with E-state index < -0.39 is 5.60 Å². The van der Waals surface area contributed by atoms with E-state index in [0.29, 0.717) is 6.42 Å². The van der Waals surface area contributed by atoms with Gasteiger partial charge in [0.05, 0.1) is 13.2 Å². The van der Waals surface area contributed by atoms with E-state index in [4.69, 9.17) is 9.84 Å². The van der Waals surface area contributed by atoms with E-state index in [1.165, 1.54) is 38.5 Å². The molecule has 3 nitrogen and oxygen atoms in total. The molecule has 3 heteroatoms. The lowest BCUT2D eigenvalue weighted by atomic mass is 9.97. The van der Waals surface area contributed by atoms with E-state index in [9.17, 15) is 4.79 Å². The summed E-state index contributed by atoms with van der Waals surface area (Å²) in [6.07, 6.45) is 23.8. The van der Waals surface area contributed by atoms with Gasteiger partial charge in [-0.15, -0.1) is 0 Å².